The minimum atomic E-state index is 0.428. The van der Waals surface area contributed by atoms with Gasteiger partial charge in [-0.3, -0.25) is 0 Å². The number of methoxy groups -OCH3 is 1. The maximum Gasteiger partial charge on any atom is 0.213 e. The van der Waals surface area contributed by atoms with Gasteiger partial charge < -0.3 is 15.0 Å². The second-order valence-electron chi connectivity index (χ2n) is 3.35. The molecule has 0 amide bonds. The van der Waals surface area contributed by atoms with Crippen molar-refractivity contribution < 1.29 is 4.74 Å². The minimum Gasteiger partial charge on any atom is -0.481 e. The van der Waals surface area contributed by atoms with Crippen LogP contribution in [0.15, 0.2) is 30.6 Å². The van der Waals surface area contributed by atoms with Crippen LogP contribution < -0.4 is 10.5 Å². The number of ether oxygens (including phenoxy) is 1. The fraction of sp³-hybridized carbons (Fsp3) is 0.273. The Balaban J connectivity index is 2.20. The standard InChI is InChI=1S/C11H14N4O/c1-16-11-4-2-3-9(14-11)8-15-6-5-13-10(15)7-12/h2-6H,7-8,12H2,1H3. The summed E-state index contributed by atoms with van der Waals surface area (Å²) in [5.41, 5.74) is 6.50. The van der Waals surface area contributed by atoms with Crippen molar-refractivity contribution in [3.8, 4) is 5.88 Å². The van der Waals surface area contributed by atoms with Crippen molar-refractivity contribution in [1.82, 2.24) is 14.5 Å². The molecule has 5 nitrogen and oxygen atoms in total. The predicted octanol–water partition coefficient (Wildman–Crippen LogP) is 0.794. The van der Waals surface area contributed by atoms with Crippen molar-refractivity contribution in [2.75, 3.05) is 7.11 Å². The van der Waals surface area contributed by atoms with E-state index in [1.54, 1.807) is 13.3 Å². The normalized spacial score (nSPS) is 10.4. The smallest absolute Gasteiger partial charge is 0.213 e. The third-order valence-electron chi connectivity index (χ3n) is 2.31. The highest BCUT2D eigenvalue weighted by atomic mass is 16.5. The van der Waals surface area contributed by atoms with E-state index in [1.165, 1.54) is 0 Å². The Morgan fingerprint density at radius 1 is 1.44 bits per heavy atom. The molecule has 0 fully saturated rings. The molecule has 0 aliphatic rings. The van der Waals surface area contributed by atoms with Crippen LogP contribution in [0.2, 0.25) is 0 Å². The van der Waals surface area contributed by atoms with Crippen LogP contribution in [-0.2, 0) is 13.1 Å². The van der Waals surface area contributed by atoms with Crippen LogP contribution in [0.1, 0.15) is 11.5 Å². The van der Waals surface area contributed by atoms with Gasteiger partial charge in [0.05, 0.1) is 25.9 Å². The van der Waals surface area contributed by atoms with Gasteiger partial charge in [0.2, 0.25) is 5.88 Å². The fourth-order valence-electron chi connectivity index (χ4n) is 1.51. The summed E-state index contributed by atoms with van der Waals surface area (Å²) in [7, 11) is 1.61. The van der Waals surface area contributed by atoms with Crippen molar-refractivity contribution in [3.05, 3.63) is 42.1 Å². The molecule has 2 N–H and O–H groups in total. The van der Waals surface area contributed by atoms with Gasteiger partial charge in [0.25, 0.3) is 0 Å². The monoisotopic (exact) mass is 218 g/mol. The van der Waals surface area contributed by atoms with Gasteiger partial charge in [-0.25, -0.2) is 9.97 Å². The van der Waals surface area contributed by atoms with Crippen LogP contribution in [0.25, 0.3) is 0 Å². The lowest BCUT2D eigenvalue weighted by molar-refractivity contribution is 0.396. The first-order chi connectivity index (χ1) is 7.83. The Kier molecular flexibility index (Phi) is 3.16. The van der Waals surface area contributed by atoms with Crippen LogP contribution in [0.4, 0.5) is 0 Å². The number of hydrogen-bond acceptors (Lipinski definition) is 4. The van der Waals surface area contributed by atoms with Gasteiger partial charge in [-0.1, -0.05) is 6.07 Å². The molecule has 0 aromatic carbocycles. The molecule has 0 bridgehead atoms. The second kappa shape index (κ2) is 4.76. The van der Waals surface area contributed by atoms with Gasteiger partial charge in [0, 0.05) is 18.5 Å². The molecule has 0 unspecified atom stereocenters. The first kappa shape index (κ1) is 10.6. The Morgan fingerprint density at radius 3 is 3.06 bits per heavy atom. The van der Waals surface area contributed by atoms with Crippen molar-refractivity contribution in [3.63, 3.8) is 0 Å². The van der Waals surface area contributed by atoms with E-state index >= 15 is 0 Å². The van der Waals surface area contributed by atoms with Crippen molar-refractivity contribution in [1.29, 1.82) is 0 Å². The van der Waals surface area contributed by atoms with Crippen molar-refractivity contribution >= 4 is 0 Å². The largest absolute Gasteiger partial charge is 0.481 e. The summed E-state index contributed by atoms with van der Waals surface area (Å²) in [5.74, 6) is 1.47. The van der Waals surface area contributed by atoms with E-state index in [4.69, 9.17) is 10.5 Å². The molecule has 0 saturated heterocycles. The molecule has 0 radical (unpaired) electrons. The Morgan fingerprint density at radius 2 is 2.31 bits per heavy atom. The zero-order valence-corrected chi connectivity index (χ0v) is 9.13. The topological polar surface area (TPSA) is 66.0 Å². The first-order valence-corrected chi connectivity index (χ1v) is 5.03. The molecule has 0 atom stereocenters. The van der Waals surface area contributed by atoms with Crippen LogP contribution in [-0.4, -0.2) is 21.6 Å². The number of rotatable bonds is 4. The third kappa shape index (κ3) is 2.20. The molecule has 0 aliphatic carbocycles. The molecule has 0 spiro atoms. The van der Waals surface area contributed by atoms with Gasteiger partial charge >= 0.3 is 0 Å². The maximum absolute atomic E-state index is 5.58. The summed E-state index contributed by atoms with van der Waals surface area (Å²) in [4.78, 5) is 8.48. The average Bonchev–Trinajstić information content (AvgIpc) is 2.76. The van der Waals surface area contributed by atoms with Gasteiger partial charge in [-0.2, -0.15) is 0 Å². The third-order valence-corrected chi connectivity index (χ3v) is 2.31. The highest BCUT2D eigenvalue weighted by molar-refractivity contribution is 5.16. The van der Waals surface area contributed by atoms with E-state index in [0.717, 1.165) is 11.5 Å². The summed E-state index contributed by atoms with van der Waals surface area (Å²) in [6.45, 7) is 1.08. The van der Waals surface area contributed by atoms with Crippen LogP contribution in [0, 0.1) is 0 Å². The Hall–Kier alpha value is -1.88. The molecule has 2 aromatic heterocycles. The average molecular weight is 218 g/mol. The predicted molar refractivity (Wildman–Crippen MR) is 60.0 cm³/mol. The van der Waals surface area contributed by atoms with E-state index in [2.05, 4.69) is 9.97 Å². The lowest BCUT2D eigenvalue weighted by Crippen LogP contribution is -2.09. The molecular weight excluding hydrogens is 204 g/mol. The molecule has 0 aliphatic heterocycles. The van der Waals surface area contributed by atoms with Crippen LogP contribution in [0.5, 0.6) is 5.88 Å². The maximum atomic E-state index is 5.58. The molecular formula is C11H14N4O. The van der Waals surface area contributed by atoms with Gasteiger partial charge in [0.1, 0.15) is 5.82 Å². The molecule has 0 saturated carbocycles. The van der Waals surface area contributed by atoms with E-state index in [9.17, 15) is 0 Å². The second-order valence-corrected chi connectivity index (χ2v) is 3.35. The van der Waals surface area contributed by atoms with Crippen molar-refractivity contribution in [2.45, 2.75) is 13.1 Å². The molecule has 2 rings (SSSR count). The molecule has 84 valence electrons. The van der Waals surface area contributed by atoms with E-state index in [0.29, 0.717) is 19.0 Å². The van der Waals surface area contributed by atoms with Gasteiger partial charge in [0.15, 0.2) is 0 Å². The lowest BCUT2D eigenvalue weighted by Gasteiger charge is -2.06. The van der Waals surface area contributed by atoms with Crippen molar-refractivity contribution in [2.24, 2.45) is 5.73 Å². The number of hydrogen-bond donors (Lipinski definition) is 1. The Labute approximate surface area is 93.9 Å². The number of pyridine rings is 1. The van der Waals surface area contributed by atoms with E-state index in [-0.39, 0.29) is 0 Å². The summed E-state index contributed by atoms with van der Waals surface area (Å²) >= 11 is 0. The number of aromatic nitrogens is 3. The molecule has 2 aromatic rings. The first-order valence-electron chi connectivity index (χ1n) is 5.03. The minimum absolute atomic E-state index is 0.428. The summed E-state index contributed by atoms with van der Waals surface area (Å²) < 4.78 is 7.04. The molecule has 16 heavy (non-hydrogen) atoms. The molecule has 5 heteroatoms. The highest BCUT2D eigenvalue weighted by Gasteiger charge is 2.03. The van der Waals surface area contributed by atoms with E-state index < -0.39 is 0 Å². The zero-order chi connectivity index (χ0) is 11.4. The Bertz CT molecular complexity index is 467. The quantitative estimate of drug-likeness (QED) is 0.824. The molecule has 2 heterocycles. The van der Waals surface area contributed by atoms with E-state index in [1.807, 2.05) is 29.0 Å². The SMILES string of the molecule is COc1cccc(Cn2ccnc2CN)n1. The van der Waals surface area contributed by atoms with Crippen LogP contribution in [0.3, 0.4) is 0 Å². The number of imidazole rings is 1. The lowest BCUT2D eigenvalue weighted by atomic mass is 10.3. The zero-order valence-electron chi connectivity index (χ0n) is 9.13. The summed E-state index contributed by atoms with van der Waals surface area (Å²) in [5, 5.41) is 0. The van der Waals surface area contributed by atoms with Gasteiger partial charge in [-0.05, 0) is 6.07 Å². The summed E-state index contributed by atoms with van der Waals surface area (Å²) in [6, 6.07) is 5.68. The summed E-state index contributed by atoms with van der Waals surface area (Å²) in [6.07, 6.45) is 3.63. The number of nitrogens with two attached hydrogens (primary N) is 1. The highest BCUT2D eigenvalue weighted by Crippen LogP contribution is 2.09. The van der Waals surface area contributed by atoms with Crippen LogP contribution >= 0.6 is 0 Å². The number of nitrogens with zero attached hydrogens (tertiary/aromatic N) is 3. The fourth-order valence-corrected chi connectivity index (χ4v) is 1.51. The van der Waals surface area contributed by atoms with Gasteiger partial charge in [-0.15, -0.1) is 0 Å².